The fourth-order valence-corrected chi connectivity index (χ4v) is 2.58. The summed E-state index contributed by atoms with van der Waals surface area (Å²) in [6.07, 6.45) is 2.65. The second-order valence-electron chi connectivity index (χ2n) is 5.84. The van der Waals surface area contributed by atoms with Crippen LogP contribution in [0, 0.1) is 11.7 Å². The van der Waals surface area contributed by atoms with Crippen LogP contribution in [0.4, 0.5) is 13.2 Å². The smallest absolute Gasteiger partial charge is 0.387 e. The number of aliphatic hydroxyl groups excluding tert-OH is 1. The summed E-state index contributed by atoms with van der Waals surface area (Å²) >= 11 is 0. The molecule has 3 N–H and O–H groups in total. The van der Waals surface area contributed by atoms with Crippen LogP contribution >= 0.6 is 24.0 Å². The minimum atomic E-state index is -3.03. The first kappa shape index (κ1) is 25.8. The van der Waals surface area contributed by atoms with E-state index in [0.29, 0.717) is 31.4 Å². The van der Waals surface area contributed by atoms with Gasteiger partial charge in [0.2, 0.25) is 0 Å². The lowest BCUT2D eigenvalue weighted by Crippen LogP contribution is -2.40. The highest BCUT2D eigenvalue weighted by molar-refractivity contribution is 14.0. The highest BCUT2D eigenvalue weighted by Crippen LogP contribution is 2.24. The van der Waals surface area contributed by atoms with E-state index < -0.39 is 12.4 Å². The third-order valence-electron chi connectivity index (χ3n) is 3.82. The van der Waals surface area contributed by atoms with Gasteiger partial charge in [-0.2, -0.15) is 8.78 Å². The monoisotopic (exact) mass is 503 g/mol. The van der Waals surface area contributed by atoms with Crippen molar-refractivity contribution in [3.8, 4) is 5.75 Å². The van der Waals surface area contributed by atoms with Gasteiger partial charge in [-0.05, 0) is 37.8 Å². The van der Waals surface area contributed by atoms with Crippen molar-refractivity contribution in [2.24, 2.45) is 10.9 Å². The van der Waals surface area contributed by atoms with Crippen molar-refractivity contribution < 1.29 is 23.0 Å². The maximum Gasteiger partial charge on any atom is 0.387 e. The predicted molar refractivity (Wildman–Crippen MR) is 111 cm³/mol. The molecule has 27 heavy (non-hydrogen) atoms. The second-order valence-corrected chi connectivity index (χ2v) is 5.84. The van der Waals surface area contributed by atoms with Gasteiger partial charge in [-0.3, -0.25) is 0 Å². The van der Waals surface area contributed by atoms with Crippen LogP contribution < -0.4 is 15.4 Å². The quantitative estimate of drug-likeness (QED) is 0.244. The molecule has 9 heteroatoms. The van der Waals surface area contributed by atoms with E-state index in [0.717, 1.165) is 12.8 Å². The van der Waals surface area contributed by atoms with Crippen molar-refractivity contribution in [1.82, 2.24) is 10.6 Å². The third kappa shape index (κ3) is 10.0. The van der Waals surface area contributed by atoms with Gasteiger partial charge in [0.05, 0.1) is 12.1 Å². The highest BCUT2D eigenvalue weighted by Gasteiger charge is 2.14. The molecule has 0 amide bonds. The summed E-state index contributed by atoms with van der Waals surface area (Å²) in [4.78, 5) is 4.27. The highest BCUT2D eigenvalue weighted by atomic mass is 127. The minimum absolute atomic E-state index is 0. The lowest BCUT2D eigenvalue weighted by Gasteiger charge is -2.18. The summed E-state index contributed by atoms with van der Waals surface area (Å²) < 4.78 is 43.3. The van der Waals surface area contributed by atoms with Crippen LogP contribution in [-0.2, 0) is 6.54 Å². The number of aliphatic imine (C=N–C) groups is 1. The summed E-state index contributed by atoms with van der Waals surface area (Å²) in [5, 5.41) is 15.3. The van der Waals surface area contributed by atoms with Crippen molar-refractivity contribution in [3.05, 3.63) is 29.6 Å². The molecule has 1 atom stereocenters. The van der Waals surface area contributed by atoms with Gasteiger partial charge in [0.25, 0.3) is 0 Å². The topological polar surface area (TPSA) is 65.9 Å². The first-order valence-corrected chi connectivity index (χ1v) is 8.86. The molecule has 0 radical (unpaired) electrons. The average molecular weight is 503 g/mol. The molecule has 0 aromatic heterocycles. The molecule has 0 saturated carbocycles. The number of hydrogen-bond acceptors (Lipinski definition) is 3. The number of ether oxygens (including phenoxy) is 1. The van der Waals surface area contributed by atoms with Crippen LogP contribution in [0.5, 0.6) is 5.75 Å². The van der Waals surface area contributed by atoms with E-state index in [-0.39, 0.29) is 48.4 Å². The SMILES string of the molecule is CCCC(CCO)CNC(=NCc1c(F)cccc1OC(F)F)NCC.I. The fourth-order valence-electron chi connectivity index (χ4n) is 2.58. The van der Waals surface area contributed by atoms with E-state index in [9.17, 15) is 13.2 Å². The van der Waals surface area contributed by atoms with E-state index in [4.69, 9.17) is 5.11 Å². The van der Waals surface area contributed by atoms with Crippen LogP contribution in [0.3, 0.4) is 0 Å². The Hall–Kier alpha value is -1.23. The molecule has 1 aromatic rings. The number of nitrogens with one attached hydrogen (secondary N) is 2. The Bertz CT molecular complexity index is 557. The molecule has 0 spiro atoms. The molecular weight excluding hydrogens is 474 g/mol. The van der Waals surface area contributed by atoms with Gasteiger partial charge in [-0.1, -0.05) is 19.4 Å². The number of benzene rings is 1. The molecule has 0 aliphatic heterocycles. The van der Waals surface area contributed by atoms with Crippen LogP contribution in [0.2, 0.25) is 0 Å². The molecule has 1 aromatic carbocycles. The maximum atomic E-state index is 14.0. The number of aliphatic hydroxyl groups is 1. The Morgan fingerprint density at radius 3 is 2.56 bits per heavy atom. The molecule has 0 aliphatic rings. The van der Waals surface area contributed by atoms with Crippen LogP contribution in [0.15, 0.2) is 23.2 Å². The van der Waals surface area contributed by atoms with Crippen LogP contribution in [0.25, 0.3) is 0 Å². The van der Waals surface area contributed by atoms with Gasteiger partial charge in [0.1, 0.15) is 11.6 Å². The van der Waals surface area contributed by atoms with Crippen molar-refractivity contribution in [1.29, 1.82) is 0 Å². The van der Waals surface area contributed by atoms with Gasteiger partial charge in [0, 0.05) is 19.7 Å². The number of hydrogen-bond donors (Lipinski definition) is 3. The average Bonchev–Trinajstić information content (AvgIpc) is 2.58. The maximum absolute atomic E-state index is 14.0. The number of halogens is 4. The Balaban J connectivity index is 0.00000676. The molecule has 156 valence electrons. The summed E-state index contributed by atoms with van der Waals surface area (Å²) in [5.74, 6) is -0.117. The van der Waals surface area contributed by atoms with Gasteiger partial charge >= 0.3 is 6.61 Å². The van der Waals surface area contributed by atoms with E-state index in [1.165, 1.54) is 18.2 Å². The molecule has 5 nitrogen and oxygen atoms in total. The zero-order chi connectivity index (χ0) is 19.4. The van der Waals surface area contributed by atoms with Gasteiger partial charge in [-0.15, -0.1) is 24.0 Å². The van der Waals surface area contributed by atoms with Crippen molar-refractivity contribution in [2.45, 2.75) is 46.3 Å². The number of rotatable bonds is 11. The Labute approximate surface area is 175 Å². The third-order valence-corrected chi connectivity index (χ3v) is 3.82. The van der Waals surface area contributed by atoms with E-state index in [1.54, 1.807) is 0 Å². The van der Waals surface area contributed by atoms with E-state index >= 15 is 0 Å². The zero-order valence-corrected chi connectivity index (χ0v) is 18.0. The molecule has 0 aliphatic carbocycles. The number of guanidine groups is 1. The van der Waals surface area contributed by atoms with Gasteiger partial charge in [0.15, 0.2) is 5.96 Å². The summed E-state index contributed by atoms with van der Waals surface area (Å²) in [6, 6.07) is 3.79. The van der Waals surface area contributed by atoms with Crippen LogP contribution in [-0.4, -0.2) is 37.4 Å². The molecular formula is C18H29F3IN3O2. The Morgan fingerprint density at radius 1 is 1.22 bits per heavy atom. The Kier molecular flexibility index (Phi) is 14.1. The summed E-state index contributed by atoms with van der Waals surface area (Å²) in [5.41, 5.74) is -0.0227. The molecule has 0 fully saturated rings. The van der Waals surface area contributed by atoms with Gasteiger partial charge in [-0.25, -0.2) is 9.38 Å². The van der Waals surface area contributed by atoms with Crippen molar-refractivity contribution in [2.75, 3.05) is 19.7 Å². The summed E-state index contributed by atoms with van der Waals surface area (Å²) in [6.45, 7) is 2.13. The molecule has 1 unspecified atom stereocenters. The second kappa shape index (κ2) is 14.8. The van der Waals surface area contributed by atoms with Crippen molar-refractivity contribution >= 4 is 29.9 Å². The first-order chi connectivity index (χ1) is 12.5. The molecule has 0 bridgehead atoms. The lowest BCUT2D eigenvalue weighted by atomic mass is 10.0. The normalized spacial score (nSPS) is 12.5. The first-order valence-electron chi connectivity index (χ1n) is 8.86. The number of alkyl halides is 2. The molecule has 1 rings (SSSR count). The molecule has 0 saturated heterocycles. The largest absolute Gasteiger partial charge is 0.434 e. The zero-order valence-electron chi connectivity index (χ0n) is 15.7. The Morgan fingerprint density at radius 2 is 1.96 bits per heavy atom. The van der Waals surface area contributed by atoms with E-state index in [1.807, 2.05) is 6.92 Å². The van der Waals surface area contributed by atoms with Gasteiger partial charge < -0.3 is 20.5 Å². The van der Waals surface area contributed by atoms with E-state index in [2.05, 4.69) is 27.3 Å². The fraction of sp³-hybridized carbons (Fsp3) is 0.611. The standard InChI is InChI=1S/C18H28F3N3O2.HI/c1-3-6-13(9-10-25)11-23-18(22-4-2)24-12-14-15(19)7-5-8-16(14)26-17(20)21;/h5,7-8,13,17,25H,3-4,6,9-12H2,1-2H3,(H2,22,23,24);1H. The predicted octanol–water partition coefficient (Wildman–Crippen LogP) is 3.90. The minimum Gasteiger partial charge on any atom is -0.434 e. The van der Waals surface area contributed by atoms with Crippen LogP contribution in [0.1, 0.15) is 38.7 Å². The van der Waals surface area contributed by atoms with Crippen molar-refractivity contribution in [3.63, 3.8) is 0 Å². The number of nitrogens with zero attached hydrogens (tertiary/aromatic N) is 1. The lowest BCUT2D eigenvalue weighted by molar-refractivity contribution is -0.0506. The summed E-state index contributed by atoms with van der Waals surface area (Å²) in [7, 11) is 0. The molecule has 0 heterocycles.